The molecule has 9 nitrogen and oxygen atoms in total. The summed E-state index contributed by atoms with van der Waals surface area (Å²) in [7, 11) is 0. The first-order valence-corrected chi connectivity index (χ1v) is 9.53. The van der Waals surface area contributed by atoms with Gasteiger partial charge in [-0.3, -0.25) is 4.79 Å². The van der Waals surface area contributed by atoms with Crippen molar-refractivity contribution in [2.24, 2.45) is 5.73 Å². The van der Waals surface area contributed by atoms with Crippen LogP contribution in [0.5, 0.6) is 0 Å². The number of hydrogen-bond donors (Lipinski definition) is 3. The van der Waals surface area contributed by atoms with E-state index in [9.17, 15) is 26.7 Å². The molecule has 6 N–H and O–H groups in total. The van der Waals surface area contributed by atoms with Crippen LogP contribution in [0.1, 0.15) is 11.1 Å². The number of nitrogen functional groups attached to an aromatic ring is 2. The van der Waals surface area contributed by atoms with Crippen LogP contribution in [0.25, 0.3) is 22.6 Å². The molecule has 3 heterocycles. The largest absolute Gasteiger partial charge is 0.383 e. The molecule has 34 heavy (non-hydrogen) atoms. The summed E-state index contributed by atoms with van der Waals surface area (Å²) in [5.74, 6) is -9.55. The molecule has 0 bridgehead atoms. The lowest BCUT2D eigenvalue weighted by Crippen LogP contribution is -2.38. The third-order valence-electron chi connectivity index (χ3n) is 4.97. The average molecular weight is 478 g/mol. The molecule has 0 spiro atoms. The summed E-state index contributed by atoms with van der Waals surface area (Å²) in [6, 6.07) is 4.34. The predicted molar refractivity (Wildman–Crippen MR) is 111 cm³/mol. The van der Waals surface area contributed by atoms with Gasteiger partial charge in [-0.2, -0.15) is 13.9 Å². The van der Waals surface area contributed by atoms with Gasteiger partial charge in [0.25, 0.3) is 5.91 Å². The van der Waals surface area contributed by atoms with Gasteiger partial charge in [-0.15, -0.1) is 0 Å². The minimum atomic E-state index is -3.96. The highest BCUT2D eigenvalue weighted by Gasteiger charge is 2.38. The Balaban J connectivity index is 1.84. The van der Waals surface area contributed by atoms with E-state index in [0.717, 1.165) is 29.1 Å². The molecule has 0 unspecified atom stereocenters. The van der Waals surface area contributed by atoms with Gasteiger partial charge in [0.1, 0.15) is 34.8 Å². The summed E-state index contributed by atoms with van der Waals surface area (Å²) in [4.78, 5) is 22.7. The fraction of sp³-hybridized carbons (Fsp3) is 0.150. The Morgan fingerprint density at radius 2 is 1.65 bits per heavy atom. The van der Waals surface area contributed by atoms with Crippen molar-refractivity contribution in [2.45, 2.75) is 18.9 Å². The summed E-state index contributed by atoms with van der Waals surface area (Å²) in [5.41, 5.74) is 15.4. The fourth-order valence-electron chi connectivity index (χ4n) is 3.26. The van der Waals surface area contributed by atoms with E-state index < -0.39 is 59.4 Å². The van der Waals surface area contributed by atoms with E-state index in [0.29, 0.717) is 0 Å². The van der Waals surface area contributed by atoms with E-state index in [-0.39, 0.29) is 28.1 Å². The Morgan fingerprint density at radius 3 is 2.24 bits per heavy atom. The van der Waals surface area contributed by atoms with Crippen LogP contribution < -0.4 is 17.2 Å². The number of pyridine rings is 1. The van der Waals surface area contributed by atoms with Crippen molar-refractivity contribution in [1.29, 1.82) is 0 Å². The SMILES string of the molecule is NC(=O)C(F)(F)Cc1c(N)nc(-c2nn(Cc3c(F)cccc3F)c3ncc(F)cc23)nc1N. The van der Waals surface area contributed by atoms with Crippen LogP contribution in [0.3, 0.4) is 0 Å². The molecule has 0 radical (unpaired) electrons. The molecule has 4 aromatic rings. The molecule has 176 valence electrons. The summed E-state index contributed by atoms with van der Waals surface area (Å²) in [6.07, 6.45) is -0.362. The minimum Gasteiger partial charge on any atom is -0.383 e. The van der Waals surface area contributed by atoms with Crippen LogP contribution in [0.2, 0.25) is 0 Å². The average Bonchev–Trinajstić information content (AvgIpc) is 3.10. The van der Waals surface area contributed by atoms with Crippen molar-refractivity contribution in [3.63, 3.8) is 0 Å². The first-order valence-electron chi connectivity index (χ1n) is 9.53. The second kappa shape index (κ2) is 8.20. The van der Waals surface area contributed by atoms with Gasteiger partial charge >= 0.3 is 5.92 Å². The number of benzene rings is 1. The maximum atomic E-state index is 14.2. The van der Waals surface area contributed by atoms with E-state index >= 15 is 0 Å². The highest BCUT2D eigenvalue weighted by Crippen LogP contribution is 2.31. The number of rotatable bonds is 6. The molecule has 0 aliphatic heterocycles. The van der Waals surface area contributed by atoms with Crippen LogP contribution in [0.15, 0.2) is 30.5 Å². The van der Waals surface area contributed by atoms with Gasteiger partial charge in [-0.05, 0) is 18.2 Å². The van der Waals surface area contributed by atoms with Crippen LogP contribution in [0, 0.1) is 17.5 Å². The van der Waals surface area contributed by atoms with E-state index in [1.165, 1.54) is 6.07 Å². The molecule has 0 aliphatic rings. The van der Waals surface area contributed by atoms with Crippen molar-refractivity contribution >= 4 is 28.6 Å². The first-order chi connectivity index (χ1) is 16.0. The predicted octanol–water partition coefficient (Wildman–Crippen LogP) is 2.18. The summed E-state index contributed by atoms with van der Waals surface area (Å²) in [6.45, 7) is -0.415. The summed E-state index contributed by atoms with van der Waals surface area (Å²) < 4.78 is 70.9. The highest BCUT2D eigenvalue weighted by molar-refractivity contribution is 5.90. The van der Waals surface area contributed by atoms with Gasteiger partial charge in [-0.25, -0.2) is 32.8 Å². The smallest absolute Gasteiger partial charge is 0.328 e. The van der Waals surface area contributed by atoms with Crippen LogP contribution in [0.4, 0.5) is 33.6 Å². The number of nitrogens with two attached hydrogens (primary N) is 3. The Hall–Kier alpha value is -4.36. The molecule has 0 saturated carbocycles. The molecule has 1 aromatic carbocycles. The zero-order valence-electron chi connectivity index (χ0n) is 17.1. The molecular weight excluding hydrogens is 463 g/mol. The monoisotopic (exact) mass is 478 g/mol. The zero-order chi connectivity index (χ0) is 24.8. The lowest BCUT2D eigenvalue weighted by molar-refractivity contribution is -0.141. The Kier molecular flexibility index (Phi) is 5.51. The highest BCUT2D eigenvalue weighted by atomic mass is 19.3. The number of primary amides is 1. The van der Waals surface area contributed by atoms with Crippen molar-refractivity contribution in [3.8, 4) is 11.5 Å². The number of nitrogens with zero attached hydrogens (tertiary/aromatic N) is 5. The molecule has 0 fully saturated rings. The van der Waals surface area contributed by atoms with Crippen molar-refractivity contribution in [1.82, 2.24) is 24.7 Å². The molecule has 4 rings (SSSR count). The quantitative estimate of drug-likeness (QED) is 0.359. The number of alkyl halides is 2. The standard InChI is InChI=1S/C20H15F5N8O/c21-8-4-9-14(17-30-15(26)10(16(27)31-17)5-20(24,25)19(28)34)32-33(18(9)29-6-8)7-11-12(22)2-1-3-13(11)23/h1-4,6H,5,7H2,(H2,28,34)(H4,26,27,30,31). The van der Waals surface area contributed by atoms with Gasteiger partial charge < -0.3 is 17.2 Å². The molecule has 0 aliphatic carbocycles. The van der Waals surface area contributed by atoms with Crippen LogP contribution >= 0.6 is 0 Å². The van der Waals surface area contributed by atoms with Gasteiger partial charge in [0.2, 0.25) is 0 Å². The molecule has 3 aromatic heterocycles. The Labute approximate surface area is 187 Å². The number of anilines is 2. The number of aromatic nitrogens is 5. The second-order valence-electron chi connectivity index (χ2n) is 7.27. The Bertz CT molecular complexity index is 1390. The first kappa shape index (κ1) is 22.8. The van der Waals surface area contributed by atoms with Gasteiger partial charge in [-0.1, -0.05) is 6.07 Å². The lowest BCUT2D eigenvalue weighted by atomic mass is 10.1. The fourth-order valence-corrected chi connectivity index (χ4v) is 3.26. The van der Waals surface area contributed by atoms with Gasteiger partial charge in [0.05, 0.1) is 24.5 Å². The maximum Gasteiger partial charge on any atom is 0.328 e. The summed E-state index contributed by atoms with van der Waals surface area (Å²) >= 11 is 0. The maximum absolute atomic E-state index is 14.2. The summed E-state index contributed by atoms with van der Waals surface area (Å²) in [5, 5.41) is 4.24. The number of amides is 1. The van der Waals surface area contributed by atoms with Crippen molar-refractivity contribution < 1.29 is 26.7 Å². The molecular formula is C20H15F5N8O. The third kappa shape index (κ3) is 4.04. The number of halogens is 5. The second-order valence-corrected chi connectivity index (χ2v) is 7.27. The van der Waals surface area contributed by atoms with E-state index in [1.807, 2.05) is 0 Å². The topological polar surface area (TPSA) is 152 Å². The third-order valence-corrected chi connectivity index (χ3v) is 4.97. The van der Waals surface area contributed by atoms with Crippen molar-refractivity contribution in [3.05, 3.63) is 59.0 Å². The molecule has 0 atom stereocenters. The van der Waals surface area contributed by atoms with E-state index in [2.05, 4.69) is 25.8 Å². The molecule has 14 heteroatoms. The number of carbonyl (C=O) groups is 1. The van der Waals surface area contributed by atoms with Crippen LogP contribution in [-0.2, 0) is 17.8 Å². The normalized spacial score (nSPS) is 11.8. The van der Waals surface area contributed by atoms with Gasteiger partial charge in [0, 0.05) is 11.1 Å². The number of carbonyl (C=O) groups excluding carboxylic acids is 1. The lowest BCUT2D eigenvalue weighted by Gasteiger charge is -2.15. The van der Waals surface area contributed by atoms with Crippen molar-refractivity contribution in [2.75, 3.05) is 11.5 Å². The van der Waals surface area contributed by atoms with E-state index in [4.69, 9.17) is 11.5 Å². The zero-order valence-corrected chi connectivity index (χ0v) is 17.1. The molecule has 0 saturated heterocycles. The Morgan fingerprint density at radius 1 is 1.03 bits per heavy atom. The molecule has 1 amide bonds. The minimum absolute atomic E-state index is 0.0316. The number of hydrogen-bond acceptors (Lipinski definition) is 7. The van der Waals surface area contributed by atoms with Crippen LogP contribution in [-0.4, -0.2) is 36.6 Å². The number of fused-ring (bicyclic) bond motifs is 1. The van der Waals surface area contributed by atoms with E-state index in [1.54, 1.807) is 0 Å². The van der Waals surface area contributed by atoms with Gasteiger partial charge in [0.15, 0.2) is 11.5 Å².